The van der Waals surface area contributed by atoms with E-state index in [1.54, 1.807) is 30.3 Å². The summed E-state index contributed by atoms with van der Waals surface area (Å²) in [5.41, 5.74) is 1.39. The van der Waals surface area contributed by atoms with Crippen LogP contribution >= 0.6 is 0 Å². The number of nitriles is 1. The normalized spacial score (nSPS) is 10.8. The van der Waals surface area contributed by atoms with Gasteiger partial charge < -0.3 is 24.1 Å². The first-order chi connectivity index (χ1) is 14.5. The number of nitrogens with zero attached hydrogens (tertiary/aromatic N) is 1. The lowest BCUT2D eigenvalue weighted by Gasteiger charge is -2.12. The molecule has 0 aliphatic heterocycles. The van der Waals surface area contributed by atoms with E-state index in [2.05, 4.69) is 0 Å². The second kappa shape index (κ2) is 11.2. The monoisotopic (exact) mass is 411 g/mol. The van der Waals surface area contributed by atoms with Crippen LogP contribution in [0.4, 0.5) is 0 Å². The van der Waals surface area contributed by atoms with Gasteiger partial charge in [0.2, 0.25) is 0 Å². The number of ether oxygens (including phenoxy) is 4. The molecule has 0 atom stereocenters. The molecule has 0 aliphatic rings. The van der Waals surface area contributed by atoms with E-state index in [9.17, 15) is 14.9 Å². The molecule has 0 saturated heterocycles. The smallest absolute Gasteiger partial charge is 0.348 e. The number of carbonyl (C=O) groups excluding carboxylic acids is 1. The van der Waals surface area contributed by atoms with Crippen molar-refractivity contribution in [3.63, 3.8) is 0 Å². The fraction of sp³-hybridized carbons (Fsp3) is 0.227. The molecule has 0 radical (unpaired) electrons. The Labute approximate surface area is 173 Å². The van der Waals surface area contributed by atoms with Gasteiger partial charge in [-0.25, -0.2) is 9.59 Å². The van der Waals surface area contributed by atoms with Gasteiger partial charge in [-0.2, -0.15) is 5.26 Å². The van der Waals surface area contributed by atoms with Gasteiger partial charge >= 0.3 is 11.9 Å². The zero-order valence-electron chi connectivity index (χ0n) is 16.6. The van der Waals surface area contributed by atoms with E-state index in [0.717, 1.165) is 5.56 Å². The van der Waals surface area contributed by atoms with Crippen LogP contribution in [0.25, 0.3) is 6.08 Å². The zero-order valence-corrected chi connectivity index (χ0v) is 16.6. The SMILES string of the molecule is COCCOC(=O)/C(C#N)=C/c1ccc(OCc2ccc(C(=O)O)cc2)c(OC)c1. The van der Waals surface area contributed by atoms with Crippen LogP contribution in [0.2, 0.25) is 0 Å². The van der Waals surface area contributed by atoms with Crippen LogP contribution in [0.3, 0.4) is 0 Å². The average molecular weight is 411 g/mol. The van der Waals surface area contributed by atoms with Crippen LogP contribution in [-0.2, 0) is 20.9 Å². The Balaban J connectivity index is 2.10. The van der Waals surface area contributed by atoms with Crippen LogP contribution in [0.5, 0.6) is 11.5 Å². The van der Waals surface area contributed by atoms with E-state index in [4.69, 9.17) is 24.1 Å². The third kappa shape index (κ3) is 6.36. The lowest BCUT2D eigenvalue weighted by molar-refractivity contribution is -0.139. The maximum atomic E-state index is 11.9. The predicted molar refractivity (Wildman–Crippen MR) is 107 cm³/mol. The number of hydrogen-bond acceptors (Lipinski definition) is 7. The molecule has 0 heterocycles. The van der Waals surface area contributed by atoms with Gasteiger partial charge in [0.15, 0.2) is 11.5 Å². The number of methoxy groups -OCH3 is 2. The molecule has 2 aromatic carbocycles. The Bertz CT molecular complexity index is 958. The minimum Gasteiger partial charge on any atom is -0.493 e. The molecule has 0 amide bonds. The van der Waals surface area contributed by atoms with E-state index in [1.807, 2.05) is 6.07 Å². The average Bonchev–Trinajstić information content (AvgIpc) is 2.76. The van der Waals surface area contributed by atoms with Crippen molar-refractivity contribution in [3.05, 3.63) is 64.7 Å². The molecule has 0 spiro atoms. The van der Waals surface area contributed by atoms with Crippen LogP contribution in [0.15, 0.2) is 48.0 Å². The number of rotatable bonds is 10. The number of carboxylic acids is 1. The van der Waals surface area contributed by atoms with Gasteiger partial charge in [-0.1, -0.05) is 18.2 Å². The molecule has 0 aromatic heterocycles. The molecule has 1 N–H and O–H groups in total. The molecule has 0 fully saturated rings. The Kier molecular flexibility index (Phi) is 8.41. The highest BCUT2D eigenvalue weighted by Gasteiger charge is 2.12. The number of aromatic carboxylic acids is 1. The van der Waals surface area contributed by atoms with E-state index < -0.39 is 11.9 Å². The van der Waals surface area contributed by atoms with Crippen molar-refractivity contribution >= 4 is 18.0 Å². The predicted octanol–water partition coefficient (Wildman–Crippen LogP) is 3.07. The summed E-state index contributed by atoms with van der Waals surface area (Å²) in [6.07, 6.45) is 1.39. The molecule has 2 rings (SSSR count). The van der Waals surface area contributed by atoms with Crippen molar-refractivity contribution < 1.29 is 33.6 Å². The fourth-order valence-corrected chi connectivity index (χ4v) is 2.40. The molecule has 0 aliphatic carbocycles. The number of hydrogen-bond donors (Lipinski definition) is 1. The summed E-state index contributed by atoms with van der Waals surface area (Å²) in [6.45, 7) is 0.502. The van der Waals surface area contributed by atoms with Gasteiger partial charge in [-0.3, -0.25) is 0 Å². The summed E-state index contributed by atoms with van der Waals surface area (Å²) in [5, 5.41) is 18.2. The molecule has 8 nitrogen and oxygen atoms in total. The summed E-state index contributed by atoms with van der Waals surface area (Å²) in [5.74, 6) is -0.861. The minimum atomic E-state index is -0.993. The fourth-order valence-electron chi connectivity index (χ4n) is 2.40. The lowest BCUT2D eigenvalue weighted by Crippen LogP contribution is -2.11. The van der Waals surface area contributed by atoms with Gasteiger partial charge in [0.1, 0.15) is 24.9 Å². The lowest BCUT2D eigenvalue weighted by atomic mass is 10.1. The summed E-state index contributed by atoms with van der Waals surface area (Å²) in [7, 11) is 2.96. The van der Waals surface area contributed by atoms with E-state index >= 15 is 0 Å². The molecule has 2 aromatic rings. The topological polar surface area (TPSA) is 115 Å². The van der Waals surface area contributed by atoms with Crippen molar-refractivity contribution in [2.24, 2.45) is 0 Å². The largest absolute Gasteiger partial charge is 0.493 e. The number of carboxylic acid groups (broad SMARTS) is 1. The Morgan fingerprint density at radius 2 is 1.80 bits per heavy atom. The number of benzene rings is 2. The maximum Gasteiger partial charge on any atom is 0.348 e. The van der Waals surface area contributed by atoms with Crippen molar-refractivity contribution in [2.75, 3.05) is 27.4 Å². The molecule has 156 valence electrons. The van der Waals surface area contributed by atoms with Gasteiger partial charge in [0.05, 0.1) is 19.3 Å². The second-order valence-corrected chi connectivity index (χ2v) is 6.00. The first-order valence-electron chi connectivity index (χ1n) is 8.89. The molecule has 0 unspecified atom stereocenters. The molecule has 30 heavy (non-hydrogen) atoms. The van der Waals surface area contributed by atoms with Crippen LogP contribution < -0.4 is 9.47 Å². The molecule has 8 heteroatoms. The second-order valence-electron chi connectivity index (χ2n) is 6.00. The standard InChI is InChI=1S/C22H21NO7/c1-27-9-10-29-22(26)18(13-23)11-16-5-8-19(20(12-16)28-2)30-14-15-3-6-17(7-4-15)21(24)25/h3-8,11-12H,9-10,14H2,1-2H3,(H,24,25)/b18-11+. The van der Waals surface area contributed by atoms with E-state index in [1.165, 1.54) is 32.4 Å². The zero-order chi connectivity index (χ0) is 21.9. The first-order valence-corrected chi connectivity index (χ1v) is 8.89. The summed E-state index contributed by atoms with van der Waals surface area (Å²) >= 11 is 0. The van der Waals surface area contributed by atoms with Gasteiger partial charge in [0, 0.05) is 7.11 Å². The van der Waals surface area contributed by atoms with Gasteiger partial charge in [0.25, 0.3) is 0 Å². The summed E-state index contributed by atoms with van der Waals surface area (Å²) < 4.78 is 20.8. The summed E-state index contributed by atoms with van der Waals surface area (Å²) in [6, 6.07) is 13.1. The van der Waals surface area contributed by atoms with Crippen LogP contribution in [0.1, 0.15) is 21.5 Å². The van der Waals surface area contributed by atoms with Crippen molar-refractivity contribution in [3.8, 4) is 17.6 Å². The molecular weight excluding hydrogens is 390 g/mol. The van der Waals surface area contributed by atoms with Crippen molar-refractivity contribution in [2.45, 2.75) is 6.61 Å². The molecule has 0 saturated carbocycles. The Morgan fingerprint density at radius 1 is 1.07 bits per heavy atom. The maximum absolute atomic E-state index is 11.9. The Hall–Kier alpha value is -3.83. The van der Waals surface area contributed by atoms with Crippen molar-refractivity contribution in [1.29, 1.82) is 5.26 Å². The highest BCUT2D eigenvalue weighted by atomic mass is 16.6. The summed E-state index contributed by atoms with van der Waals surface area (Å²) in [4.78, 5) is 22.8. The molecule has 0 bridgehead atoms. The van der Waals surface area contributed by atoms with Gasteiger partial charge in [-0.05, 0) is 41.5 Å². The van der Waals surface area contributed by atoms with Gasteiger partial charge in [-0.15, -0.1) is 0 Å². The molecular formula is C22H21NO7. The van der Waals surface area contributed by atoms with Crippen LogP contribution in [0, 0.1) is 11.3 Å². The van der Waals surface area contributed by atoms with Crippen LogP contribution in [-0.4, -0.2) is 44.5 Å². The quantitative estimate of drug-likeness (QED) is 0.274. The van der Waals surface area contributed by atoms with Crippen molar-refractivity contribution in [1.82, 2.24) is 0 Å². The Morgan fingerprint density at radius 3 is 2.40 bits per heavy atom. The van der Waals surface area contributed by atoms with E-state index in [0.29, 0.717) is 17.1 Å². The van der Waals surface area contributed by atoms with E-state index in [-0.39, 0.29) is 31.0 Å². The number of esters is 1. The first kappa shape index (κ1) is 22.5. The number of carbonyl (C=O) groups is 2. The minimum absolute atomic E-state index is 0.0535. The highest BCUT2D eigenvalue weighted by Crippen LogP contribution is 2.29. The third-order valence-corrected chi connectivity index (χ3v) is 3.95. The highest BCUT2D eigenvalue weighted by molar-refractivity contribution is 5.98. The third-order valence-electron chi connectivity index (χ3n) is 3.95.